The molecule has 20 heavy (non-hydrogen) atoms. The molecule has 106 valence electrons. The topological polar surface area (TPSA) is 72.2 Å². The van der Waals surface area contributed by atoms with Gasteiger partial charge in [0.25, 0.3) is 0 Å². The van der Waals surface area contributed by atoms with Gasteiger partial charge in [-0.2, -0.15) is 0 Å². The van der Waals surface area contributed by atoms with E-state index in [1.807, 2.05) is 6.07 Å². The zero-order valence-corrected chi connectivity index (χ0v) is 12.5. The average molecular weight is 311 g/mol. The molecule has 0 saturated carbocycles. The van der Waals surface area contributed by atoms with Crippen LogP contribution in [0, 0.1) is 0 Å². The molecule has 0 heterocycles. The van der Waals surface area contributed by atoms with Crippen LogP contribution in [0.15, 0.2) is 47.4 Å². The fourth-order valence-electron chi connectivity index (χ4n) is 1.85. The van der Waals surface area contributed by atoms with Gasteiger partial charge in [0.05, 0.1) is 9.92 Å². The minimum Gasteiger partial charge on any atom is -0.399 e. The standard InChI is InChI=1S/C14H15ClN2O2S/c1-2-17-20(18,19)12-6-3-10(4-7-12)13-8-5-11(16)9-14(13)15/h3-9,17H,2,16H2,1H3. The van der Waals surface area contributed by atoms with Gasteiger partial charge >= 0.3 is 0 Å². The molecule has 0 atom stereocenters. The summed E-state index contributed by atoms with van der Waals surface area (Å²) in [5.74, 6) is 0. The predicted molar refractivity (Wildman–Crippen MR) is 82.2 cm³/mol. The Hall–Kier alpha value is -1.56. The molecule has 2 aromatic carbocycles. The highest BCUT2D eigenvalue weighted by Gasteiger charge is 2.12. The second kappa shape index (κ2) is 5.83. The van der Waals surface area contributed by atoms with Gasteiger partial charge in [-0.1, -0.05) is 36.7 Å². The van der Waals surface area contributed by atoms with E-state index in [1.165, 1.54) is 0 Å². The maximum Gasteiger partial charge on any atom is 0.240 e. The quantitative estimate of drug-likeness (QED) is 0.853. The zero-order chi connectivity index (χ0) is 14.8. The number of halogens is 1. The van der Waals surface area contributed by atoms with Gasteiger partial charge in [-0.3, -0.25) is 0 Å². The third-order valence-corrected chi connectivity index (χ3v) is 4.68. The molecule has 0 unspecified atom stereocenters. The van der Waals surface area contributed by atoms with Crippen molar-refractivity contribution in [2.45, 2.75) is 11.8 Å². The summed E-state index contributed by atoms with van der Waals surface area (Å²) < 4.78 is 26.1. The number of benzene rings is 2. The van der Waals surface area contributed by atoms with E-state index < -0.39 is 10.0 Å². The average Bonchev–Trinajstić information content (AvgIpc) is 2.39. The maximum atomic E-state index is 11.8. The monoisotopic (exact) mass is 310 g/mol. The van der Waals surface area contributed by atoms with Crippen molar-refractivity contribution in [3.8, 4) is 11.1 Å². The predicted octanol–water partition coefficient (Wildman–Crippen LogP) is 2.89. The molecule has 4 nitrogen and oxygen atoms in total. The number of hydrogen-bond acceptors (Lipinski definition) is 3. The van der Waals surface area contributed by atoms with Gasteiger partial charge in [0, 0.05) is 17.8 Å². The van der Waals surface area contributed by atoms with E-state index in [4.69, 9.17) is 17.3 Å². The Morgan fingerprint density at radius 3 is 2.35 bits per heavy atom. The molecule has 0 aromatic heterocycles. The first kappa shape index (κ1) is 14.8. The first-order valence-electron chi connectivity index (χ1n) is 6.09. The van der Waals surface area contributed by atoms with Crippen molar-refractivity contribution in [2.75, 3.05) is 12.3 Å². The molecule has 0 fully saturated rings. The van der Waals surface area contributed by atoms with Gasteiger partial charge < -0.3 is 5.73 Å². The number of nitrogens with two attached hydrogens (primary N) is 1. The largest absolute Gasteiger partial charge is 0.399 e. The minimum absolute atomic E-state index is 0.231. The summed E-state index contributed by atoms with van der Waals surface area (Å²) in [5, 5.41) is 0.535. The summed E-state index contributed by atoms with van der Waals surface area (Å²) >= 11 is 6.13. The van der Waals surface area contributed by atoms with Crippen LogP contribution in [0.1, 0.15) is 6.92 Å². The molecule has 0 aliphatic rings. The van der Waals surface area contributed by atoms with E-state index in [-0.39, 0.29) is 4.90 Å². The molecule has 2 rings (SSSR count). The van der Waals surface area contributed by atoms with Gasteiger partial charge in [0.15, 0.2) is 0 Å². The van der Waals surface area contributed by atoms with E-state index in [0.29, 0.717) is 17.3 Å². The molecule has 0 radical (unpaired) electrons. The summed E-state index contributed by atoms with van der Waals surface area (Å²) in [4.78, 5) is 0.231. The third-order valence-electron chi connectivity index (χ3n) is 2.80. The lowest BCUT2D eigenvalue weighted by molar-refractivity contribution is 0.584. The van der Waals surface area contributed by atoms with E-state index in [2.05, 4.69) is 4.72 Å². The fraction of sp³-hybridized carbons (Fsp3) is 0.143. The number of rotatable bonds is 4. The van der Waals surface area contributed by atoms with Crippen molar-refractivity contribution in [3.63, 3.8) is 0 Å². The summed E-state index contributed by atoms with van der Waals surface area (Å²) in [5.41, 5.74) is 7.89. The fourth-order valence-corrected chi connectivity index (χ4v) is 3.19. The van der Waals surface area contributed by atoms with Crippen molar-refractivity contribution in [1.82, 2.24) is 4.72 Å². The summed E-state index contributed by atoms with van der Waals surface area (Å²) in [6, 6.07) is 11.8. The minimum atomic E-state index is -3.43. The molecule has 6 heteroatoms. The van der Waals surface area contributed by atoms with Crippen LogP contribution in [-0.2, 0) is 10.0 Å². The van der Waals surface area contributed by atoms with Crippen LogP contribution < -0.4 is 10.5 Å². The molecular formula is C14H15ClN2O2S. The van der Waals surface area contributed by atoms with E-state index in [1.54, 1.807) is 43.3 Å². The summed E-state index contributed by atoms with van der Waals surface area (Å²) in [6.45, 7) is 2.09. The van der Waals surface area contributed by atoms with Crippen LogP contribution in [0.3, 0.4) is 0 Å². The summed E-state index contributed by atoms with van der Waals surface area (Å²) in [7, 11) is -3.43. The highest BCUT2D eigenvalue weighted by molar-refractivity contribution is 7.89. The van der Waals surface area contributed by atoms with Crippen molar-refractivity contribution in [2.24, 2.45) is 0 Å². The van der Waals surface area contributed by atoms with Gasteiger partial charge in [-0.15, -0.1) is 0 Å². The van der Waals surface area contributed by atoms with Crippen molar-refractivity contribution in [3.05, 3.63) is 47.5 Å². The smallest absolute Gasteiger partial charge is 0.240 e. The number of hydrogen-bond donors (Lipinski definition) is 2. The summed E-state index contributed by atoms with van der Waals surface area (Å²) in [6.07, 6.45) is 0. The lowest BCUT2D eigenvalue weighted by Crippen LogP contribution is -2.22. The van der Waals surface area contributed by atoms with Crippen LogP contribution in [-0.4, -0.2) is 15.0 Å². The molecule has 2 aromatic rings. The number of nitrogens with one attached hydrogen (secondary N) is 1. The Morgan fingerprint density at radius 1 is 1.15 bits per heavy atom. The van der Waals surface area contributed by atoms with Gasteiger partial charge in [0.2, 0.25) is 10.0 Å². The second-order valence-electron chi connectivity index (χ2n) is 4.26. The second-order valence-corrected chi connectivity index (χ2v) is 6.44. The third kappa shape index (κ3) is 3.12. The van der Waals surface area contributed by atoms with E-state index in [0.717, 1.165) is 11.1 Å². The first-order chi connectivity index (χ1) is 9.44. The van der Waals surface area contributed by atoms with Crippen LogP contribution >= 0.6 is 11.6 Å². The van der Waals surface area contributed by atoms with Crippen molar-refractivity contribution < 1.29 is 8.42 Å². The van der Waals surface area contributed by atoms with Gasteiger partial charge in [-0.25, -0.2) is 13.1 Å². The SMILES string of the molecule is CCNS(=O)(=O)c1ccc(-c2ccc(N)cc2Cl)cc1. The van der Waals surface area contributed by atoms with E-state index in [9.17, 15) is 8.42 Å². The molecule has 0 aliphatic carbocycles. The van der Waals surface area contributed by atoms with Crippen LogP contribution in [0.5, 0.6) is 0 Å². The number of nitrogen functional groups attached to an aromatic ring is 1. The highest BCUT2D eigenvalue weighted by atomic mass is 35.5. The Balaban J connectivity index is 2.38. The van der Waals surface area contributed by atoms with Crippen LogP contribution in [0.25, 0.3) is 11.1 Å². The molecule has 3 N–H and O–H groups in total. The van der Waals surface area contributed by atoms with Crippen LogP contribution in [0.2, 0.25) is 5.02 Å². The number of sulfonamides is 1. The first-order valence-corrected chi connectivity index (χ1v) is 7.95. The zero-order valence-electron chi connectivity index (χ0n) is 10.9. The Bertz CT molecular complexity index is 712. The van der Waals surface area contributed by atoms with Crippen molar-refractivity contribution in [1.29, 1.82) is 0 Å². The Labute approximate surface area is 123 Å². The molecular weight excluding hydrogens is 296 g/mol. The lowest BCUT2D eigenvalue weighted by Gasteiger charge is -2.08. The van der Waals surface area contributed by atoms with Crippen molar-refractivity contribution >= 4 is 27.3 Å². The molecule has 0 aliphatic heterocycles. The van der Waals surface area contributed by atoms with E-state index >= 15 is 0 Å². The van der Waals surface area contributed by atoms with Crippen LogP contribution in [0.4, 0.5) is 5.69 Å². The highest BCUT2D eigenvalue weighted by Crippen LogP contribution is 2.30. The molecule has 0 saturated heterocycles. The molecule has 0 amide bonds. The maximum absolute atomic E-state index is 11.8. The van der Waals surface area contributed by atoms with Gasteiger partial charge in [0.1, 0.15) is 0 Å². The molecule has 0 bridgehead atoms. The Kier molecular flexibility index (Phi) is 4.32. The normalized spacial score (nSPS) is 11.5. The molecule has 0 spiro atoms. The number of anilines is 1. The lowest BCUT2D eigenvalue weighted by atomic mass is 10.1. The Morgan fingerprint density at radius 2 is 1.80 bits per heavy atom. The van der Waals surface area contributed by atoms with Gasteiger partial charge in [-0.05, 0) is 29.8 Å².